The van der Waals surface area contributed by atoms with Crippen LogP contribution in [0.5, 0.6) is 0 Å². The molecule has 0 aromatic heterocycles. The second kappa shape index (κ2) is 8.82. The summed E-state index contributed by atoms with van der Waals surface area (Å²) in [7, 11) is 0. The molecule has 132 valence electrons. The highest BCUT2D eigenvalue weighted by Gasteiger charge is 2.42. The maximum absolute atomic E-state index is 11.3. The van der Waals surface area contributed by atoms with Gasteiger partial charge in [0, 0.05) is 13.5 Å². The van der Waals surface area contributed by atoms with E-state index in [9.17, 15) is 24.9 Å². The average molecular weight is 332 g/mol. The Morgan fingerprint density at radius 2 is 2.04 bits per heavy atom. The number of amides is 1. The van der Waals surface area contributed by atoms with Gasteiger partial charge in [-0.15, -0.1) is 0 Å². The molecule has 0 aliphatic carbocycles. The highest BCUT2D eigenvalue weighted by molar-refractivity contribution is 5.84. The first-order valence-corrected chi connectivity index (χ1v) is 7.41. The molecule has 0 aromatic rings. The van der Waals surface area contributed by atoms with E-state index in [1.165, 1.54) is 6.92 Å². The summed E-state index contributed by atoms with van der Waals surface area (Å²) in [5.74, 6) is -2.45. The molecule has 0 saturated heterocycles. The van der Waals surface area contributed by atoms with Crippen molar-refractivity contribution in [1.82, 2.24) is 10.6 Å². The van der Waals surface area contributed by atoms with E-state index in [1.807, 2.05) is 6.92 Å². The van der Waals surface area contributed by atoms with Gasteiger partial charge in [0.2, 0.25) is 11.7 Å². The fourth-order valence-electron chi connectivity index (χ4n) is 2.28. The molecule has 1 aliphatic heterocycles. The molecule has 0 spiro atoms. The van der Waals surface area contributed by atoms with Crippen LogP contribution >= 0.6 is 0 Å². The second-order valence-corrected chi connectivity index (χ2v) is 5.40. The lowest BCUT2D eigenvalue weighted by Gasteiger charge is -2.38. The van der Waals surface area contributed by atoms with Gasteiger partial charge in [-0.1, -0.05) is 6.92 Å². The van der Waals surface area contributed by atoms with Crippen molar-refractivity contribution in [3.05, 3.63) is 11.8 Å². The van der Waals surface area contributed by atoms with Gasteiger partial charge in [0.1, 0.15) is 12.2 Å². The van der Waals surface area contributed by atoms with Crippen LogP contribution < -0.4 is 10.6 Å². The molecule has 1 rings (SSSR count). The Morgan fingerprint density at radius 3 is 2.57 bits per heavy atom. The summed E-state index contributed by atoms with van der Waals surface area (Å²) in [5, 5.41) is 44.6. The van der Waals surface area contributed by atoms with Crippen molar-refractivity contribution >= 4 is 11.9 Å². The maximum atomic E-state index is 11.3. The van der Waals surface area contributed by atoms with Crippen LogP contribution in [-0.2, 0) is 14.3 Å². The zero-order valence-electron chi connectivity index (χ0n) is 13.1. The normalized spacial score (nSPS) is 26.7. The lowest BCUT2D eigenvalue weighted by molar-refractivity contribution is -0.147. The van der Waals surface area contributed by atoms with E-state index in [1.54, 1.807) is 0 Å². The third-order valence-corrected chi connectivity index (χ3v) is 3.40. The van der Waals surface area contributed by atoms with Gasteiger partial charge < -0.3 is 35.8 Å². The number of ether oxygens (including phenoxy) is 1. The molecule has 1 heterocycles. The van der Waals surface area contributed by atoms with E-state index in [4.69, 9.17) is 9.84 Å². The summed E-state index contributed by atoms with van der Waals surface area (Å²) in [6.45, 7) is 3.84. The molecule has 6 N–H and O–H groups in total. The quantitative estimate of drug-likeness (QED) is 0.278. The largest absolute Gasteiger partial charge is 0.478 e. The van der Waals surface area contributed by atoms with Crippen molar-refractivity contribution in [1.29, 1.82) is 0 Å². The van der Waals surface area contributed by atoms with E-state index in [-0.39, 0.29) is 6.54 Å². The molecule has 23 heavy (non-hydrogen) atoms. The van der Waals surface area contributed by atoms with Crippen LogP contribution in [0.2, 0.25) is 0 Å². The lowest BCUT2D eigenvalue weighted by atomic mass is 9.93. The first kappa shape index (κ1) is 19.4. The summed E-state index contributed by atoms with van der Waals surface area (Å²) < 4.78 is 5.17. The molecular formula is C14H24N2O7. The topological polar surface area (TPSA) is 148 Å². The van der Waals surface area contributed by atoms with Crippen molar-refractivity contribution in [2.24, 2.45) is 0 Å². The first-order chi connectivity index (χ1) is 10.8. The predicted octanol–water partition coefficient (Wildman–Crippen LogP) is -2.06. The summed E-state index contributed by atoms with van der Waals surface area (Å²) in [6, 6.07) is -1.08. The number of hydrogen-bond donors (Lipinski definition) is 6. The number of aliphatic hydroxyl groups excluding tert-OH is 3. The lowest BCUT2D eigenvalue weighted by Crippen LogP contribution is -2.60. The number of carbonyl (C=O) groups excluding carboxylic acids is 1. The van der Waals surface area contributed by atoms with Crippen molar-refractivity contribution in [2.75, 3.05) is 13.1 Å². The standard InChI is InChI=1S/C14H24N2O7/c1-3-4-15-6-9(19)12(20)13-11(16-7(2)17)8(18)5-10(23-13)14(21)22/h5,8-9,11-13,15,18-20H,3-4,6H2,1-2H3,(H,16,17)(H,21,22)/t8-,9+,11+,12-,13+/m0/s1. The van der Waals surface area contributed by atoms with Gasteiger partial charge in [-0.2, -0.15) is 0 Å². The van der Waals surface area contributed by atoms with E-state index < -0.39 is 48.1 Å². The smallest absolute Gasteiger partial charge is 0.370 e. The van der Waals surface area contributed by atoms with Gasteiger partial charge in [-0.05, 0) is 19.0 Å². The number of aliphatic carboxylic acids is 1. The number of nitrogens with one attached hydrogen (secondary N) is 2. The van der Waals surface area contributed by atoms with Crippen LogP contribution in [0.4, 0.5) is 0 Å². The minimum atomic E-state index is -1.51. The average Bonchev–Trinajstić information content (AvgIpc) is 2.47. The van der Waals surface area contributed by atoms with Crippen LogP contribution in [0.15, 0.2) is 11.8 Å². The fourth-order valence-corrected chi connectivity index (χ4v) is 2.28. The van der Waals surface area contributed by atoms with Gasteiger partial charge in [-0.25, -0.2) is 4.79 Å². The third kappa shape index (κ3) is 5.47. The molecule has 0 unspecified atom stereocenters. The van der Waals surface area contributed by atoms with Crippen LogP contribution in [-0.4, -0.2) is 75.8 Å². The molecule has 0 fully saturated rings. The molecule has 0 bridgehead atoms. The van der Waals surface area contributed by atoms with E-state index in [2.05, 4.69) is 10.6 Å². The summed E-state index contributed by atoms with van der Waals surface area (Å²) in [5.41, 5.74) is 0. The molecule has 0 radical (unpaired) electrons. The van der Waals surface area contributed by atoms with Crippen LogP contribution in [0.1, 0.15) is 20.3 Å². The number of aliphatic hydroxyl groups is 3. The minimum absolute atomic E-state index is 0.0594. The molecule has 1 aliphatic rings. The van der Waals surface area contributed by atoms with E-state index >= 15 is 0 Å². The zero-order chi connectivity index (χ0) is 17.6. The Balaban J connectivity index is 2.89. The predicted molar refractivity (Wildman–Crippen MR) is 79.4 cm³/mol. The summed E-state index contributed by atoms with van der Waals surface area (Å²) in [4.78, 5) is 22.3. The van der Waals surface area contributed by atoms with Gasteiger partial charge in [0.15, 0.2) is 6.10 Å². The summed E-state index contributed by atoms with van der Waals surface area (Å²) >= 11 is 0. The van der Waals surface area contributed by atoms with Crippen molar-refractivity contribution < 1.29 is 34.8 Å². The molecule has 0 saturated carbocycles. The molecule has 5 atom stereocenters. The number of carbonyl (C=O) groups is 2. The first-order valence-electron chi connectivity index (χ1n) is 7.41. The third-order valence-electron chi connectivity index (χ3n) is 3.40. The molecular weight excluding hydrogens is 308 g/mol. The molecule has 0 aromatic carbocycles. The Labute approximate surface area is 134 Å². The molecule has 9 heteroatoms. The molecule has 1 amide bonds. The molecule has 9 nitrogen and oxygen atoms in total. The Hall–Kier alpha value is -1.68. The SMILES string of the molecule is CCCNC[C@@H](O)[C@H](O)[C@@H]1OC(C(=O)O)=C[C@H](O)[C@H]1NC(C)=O. The Morgan fingerprint density at radius 1 is 1.39 bits per heavy atom. The van der Waals surface area contributed by atoms with Gasteiger partial charge in [-0.3, -0.25) is 4.79 Å². The van der Waals surface area contributed by atoms with Crippen LogP contribution in [0.3, 0.4) is 0 Å². The number of carboxylic acid groups (broad SMARTS) is 1. The number of carboxylic acids is 1. The van der Waals surface area contributed by atoms with E-state index in [0.29, 0.717) is 6.54 Å². The van der Waals surface area contributed by atoms with Crippen LogP contribution in [0.25, 0.3) is 0 Å². The summed E-state index contributed by atoms with van der Waals surface area (Å²) in [6.07, 6.45) is -3.66. The Kier molecular flexibility index (Phi) is 7.43. The Bertz CT molecular complexity index is 454. The van der Waals surface area contributed by atoms with Crippen molar-refractivity contribution in [2.45, 2.75) is 50.7 Å². The highest BCUT2D eigenvalue weighted by Crippen LogP contribution is 2.22. The number of rotatable bonds is 8. The highest BCUT2D eigenvalue weighted by atomic mass is 16.5. The zero-order valence-corrected chi connectivity index (χ0v) is 13.1. The fraction of sp³-hybridized carbons (Fsp3) is 0.714. The van der Waals surface area contributed by atoms with Gasteiger partial charge in [0.05, 0.1) is 12.1 Å². The monoisotopic (exact) mass is 332 g/mol. The maximum Gasteiger partial charge on any atom is 0.370 e. The van der Waals surface area contributed by atoms with Crippen molar-refractivity contribution in [3.63, 3.8) is 0 Å². The second-order valence-electron chi connectivity index (χ2n) is 5.40. The minimum Gasteiger partial charge on any atom is -0.478 e. The van der Waals surface area contributed by atoms with Gasteiger partial charge >= 0.3 is 5.97 Å². The van der Waals surface area contributed by atoms with Crippen LogP contribution in [0, 0.1) is 0 Å². The van der Waals surface area contributed by atoms with Crippen molar-refractivity contribution in [3.8, 4) is 0 Å². The number of hydrogen-bond acceptors (Lipinski definition) is 7. The van der Waals surface area contributed by atoms with E-state index in [0.717, 1.165) is 12.5 Å². The van der Waals surface area contributed by atoms with Gasteiger partial charge in [0.25, 0.3) is 0 Å².